The number of nitrogens with zero attached hydrogens (tertiary/aromatic N) is 3. The lowest BCUT2D eigenvalue weighted by atomic mass is 10.1. The molecular weight excluding hydrogens is 264 g/mol. The highest BCUT2D eigenvalue weighted by Gasteiger charge is 2.22. The molecule has 2 rings (SSSR count). The summed E-state index contributed by atoms with van der Waals surface area (Å²) in [5.74, 6) is -0.504. The second-order valence-corrected chi connectivity index (χ2v) is 4.95. The van der Waals surface area contributed by atoms with Crippen molar-refractivity contribution in [1.29, 1.82) is 0 Å². The number of carbonyl (C=O) groups is 1. The summed E-state index contributed by atoms with van der Waals surface area (Å²) in [7, 11) is 2.05. The van der Waals surface area contributed by atoms with Crippen LogP contribution in [0.4, 0.5) is 11.5 Å². The van der Waals surface area contributed by atoms with E-state index in [1.165, 1.54) is 6.07 Å². The fourth-order valence-corrected chi connectivity index (χ4v) is 2.30. The topological polar surface area (TPSA) is 109 Å². The molecule has 20 heavy (non-hydrogen) atoms. The molecule has 1 saturated heterocycles. The van der Waals surface area contributed by atoms with Gasteiger partial charge < -0.3 is 15.3 Å². The standard InChI is InChI=1S/C12H16N4O4/c1-15-3-2-8(7-15)5-13-11-4-9(12(17)18)10(6-14-11)16(19)20/h4,6,8H,2-3,5,7H2,1H3,(H,13,14)(H,17,18). The first kappa shape index (κ1) is 14.2. The van der Waals surface area contributed by atoms with E-state index in [2.05, 4.69) is 15.2 Å². The number of pyridine rings is 1. The molecule has 0 aliphatic carbocycles. The number of hydrogen-bond acceptors (Lipinski definition) is 6. The maximum Gasteiger partial charge on any atom is 0.342 e. The minimum atomic E-state index is -1.33. The first-order valence-electron chi connectivity index (χ1n) is 6.27. The Hall–Kier alpha value is -2.22. The third kappa shape index (κ3) is 3.21. The van der Waals surface area contributed by atoms with Crippen molar-refractivity contribution in [2.45, 2.75) is 6.42 Å². The van der Waals surface area contributed by atoms with E-state index in [0.717, 1.165) is 25.7 Å². The summed E-state index contributed by atoms with van der Waals surface area (Å²) >= 11 is 0. The number of aromatic carboxylic acids is 1. The van der Waals surface area contributed by atoms with Crippen LogP contribution in [0.25, 0.3) is 0 Å². The molecule has 1 aromatic rings. The van der Waals surface area contributed by atoms with E-state index in [-0.39, 0.29) is 5.56 Å². The Labute approximate surface area is 115 Å². The van der Waals surface area contributed by atoms with E-state index in [4.69, 9.17) is 5.11 Å². The molecule has 2 heterocycles. The Kier molecular flexibility index (Phi) is 4.14. The predicted molar refractivity (Wildman–Crippen MR) is 71.9 cm³/mol. The van der Waals surface area contributed by atoms with Crippen LogP contribution in [0.15, 0.2) is 12.3 Å². The summed E-state index contributed by atoms with van der Waals surface area (Å²) < 4.78 is 0. The van der Waals surface area contributed by atoms with Gasteiger partial charge in [0.25, 0.3) is 0 Å². The van der Waals surface area contributed by atoms with E-state index >= 15 is 0 Å². The molecular formula is C12H16N4O4. The van der Waals surface area contributed by atoms with Gasteiger partial charge in [-0.2, -0.15) is 0 Å². The minimum Gasteiger partial charge on any atom is -0.477 e. The van der Waals surface area contributed by atoms with Crippen LogP contribution in [0.3, 0.4) is 0 Å². The second-order valence-electron chi connectivity index (χ2n) is 4.95. The van der Waals surface area contributed by atoms with E-state index < -0.39 is 16.6 Å². The molecule has 108 valence electrons. The van der Waals surface area contributed by atoms with Crippen molar-refractivity contribution in [3.05, 3.63) is 27.9 Å². The van der Waals surface area contributed by atoms with Gasteiger partial charge in [-0.05, 0) is 25.9 Å². The molecule has 0 amide bonds. The van der Waals surface area contributed by atoms with Crippen LogP contribution in [0.5, 0.6) is 0 Å². The van der Waals surface area contributed by atoms with Gasteiger partial charge in [-0.3, -0.25) is 10.1 Å². The zero-order valence-corrected chi connectivity index (χ0v) is 11.1. The third-order valence-electron chi connectivity index (χ3n) is 3.37. The lowest BCUT2D eigenvalue weighted by Gasteiger charge is -2.12. The quantitative estimate of drug-likeness (QED) is 0.613. The van der Waals surface area contributed by atoms with Crippen LogP contribution in [0, 0.1) is 16.0 Å². The zero-order chi connectivity index (χ0) is 14.7. The number of aromatic nitrogens is 1. The number of carboxylic acids is 1. The highest BCUT2D eigenvalue weighted by atomic mass is 16.6. The van der Waals surface area contributed by atoms with E-state index in [9.17, 15) is 14.9 Å². The normalized spacial score (nSPS) is 18.9. The van der Waals surface area contributed by atoms with Crippen molar-refractivity contribution in [3.8, 4) is 0 Å². The van der Waals surface area contributed by atoms with Crippen molar-refractivity contribution < 1.29 is 14.8 Å². The first-order valence-corrected chi connectivity index (χ1v) is 6.27. The van der Waals surface area contributed by atoms with Crippen LogP contribution >= 0.6 is 0 Å². The van der Waals surface area contributed by atoms with Crippen LogP contribution in [-0.4, -0.2) is 52.6 Å². The average Bonchev–Trinajstić information content (AvgIpc) is 2.81. The van der Waals surface area contributed by atoms with Crippen LogP contribution < -0.4 is 5.32 Å². The van der Waals surface area contributed by atoms with Gasteiger partial charge in [-0.25, -0.2) is 9.78 Å². The van der Waals surface area contributed by atoms with Crippen molar-refractivity contribution in [1.82, 2.24) is 9.88 Å². The van der Waals surface area contributed by atoms with Gasteiger partial charge in [0.1, 0.15) is 17.6 Å². The lowest BCUT2D eigenvalue weighted by molar-refractivity contribution is -0.385. The van der Waals surface area contributed by atoms with Gasteiger partial charge in [0.05, 0.1) is 4.92 Å². The van der Waals surface area contributed by atoms with Crippen molar-refractivity contribution in [2.24, 2.45) is 5.92 Å². The second kappa shape index (κ2) is 5.83. The van der Waals surface area contributed by atoms with Crippen molar-refractivity contribution in [3.63, 3.8) is 0 Å². The van der Waals surface area contributed by atoms with Gasteiger partial charge in [0.15, 0.2) is 0 Å². The predicted octanol–water partition coefficient (Wildman–Crippen LogP) is 1.05. The maximum absolute atomic E-state index is 11.0. The zero-order valence-electron chi connectivity index (χ0n) is 11.1. The molecule has 1 atom stereocenters. The molecule has 1 aliphatic heterocycles. The molecule has 2 N–H and O–H groups in total. The number of likely N-dealkylation sites (tertiary alicyclic amines) is 1. The number of nitro groups is 1. The molecule has 8 nitrogen and oxygen atoms in total. The molecule has 0 saturated carbocycles. The number of rotatable bonds is 5. The number of hydrogen-bond donors (Lipinski definition) is 2. The minimum absolute atomic E-state index is 0.350. The lowest BCUT2D eigenvalue weighted by Crippen LogP contribution is -2.19. The van der Waals surface area contributed by atoms with Gasteiger partial charge in [-0.1, -0.05) is 0 Å². The molecule has 0 radical (unpaired) electrons. The van der Waals surface area contributed by atoms with Gasteiger partial charge in [-0.15, -0.1) is 0 Å². The molecule has 1 unspecified atom stereocenters. The fourth-order valence-electron chi connectivity index (χ4n) is 2.30. The molecule has 1 aromatic heterocycles. The molecule has 0 aromatic carbocycles. The van der Waals surface area contributed by atoms with Gasteiger partial charge in [0.2, 0.25) is 0 Å². The molecule has 8 heteroatoms. The smallest absolute Gasteiger partial charge is 0.342 e. The fraction of sp³-hybridized carbons (Fsp3) is 0.500. The molecule has 1 aliphatic rings. The Balaban J connectivity index is 2.07. The molecule has 0 bridgehead atoms. The van der Waals surface area contributed by atoms with Crippen LogP contribution in [-0.2, 0) is 0 Å². The number of nitrogens with one attached hydrogen (secondary N) is 1. The van der Waals surface area contributed by atoms with Gasteiger partial charge >= 0.3 is 11.7 Å². The first-order chi connectivity index (χ1) is 9.47. The Morgan fingerprint density at radius 1 is 1.70 bits per heavy atom. The Morgan fingerprint density at radius 2 is 2.45 bits per heavy atom. The van der Waals surface area contributed by atoms with Gasteiger partial charge in [0, 0.05) is 19.2 Å². The molecule has 0 spiro atoms. The largest absolute Gasteiger partial charge is 0.477 e. The van der Waals surface area contributed by atoms with E-state index in [1.807, 2.05) is 7.05 Å². The summed E-state index contributed by atoms with van der Waals surface area (Å²) in [5.41, 5.74) is -0.848. The highest BCUT2D eigenvalue weighted by Crippen LogP contribution is 2.21. The summed E-state index contributed by atoms with van der Waals surface area (Å²) in [6.45, 7) is 2.69. The highest BCUT2D eigenvalue weighted by molar-refractivity contribution is 5.93. The Morgan fingerprint density at radius 3 is 3.00 bits per heavy atom. The SMILES string of the molecule is CN1CCC(CNc2cc(C(=O)O)c([N+](=O)[O-])cn2)C1. The van der Waals surface area contributed by atoms with Crippen molar-refractivity contribution in [2.75, 3.05) is 32.0 Å². The molecule has 1 fully saturated rings. The average molecular weight is 280 g/mol. The van der Waals surface area contributed by atoms with E-state index in [0.29, 0.717) is 18.3 Å². The van der Waals surface area contributed by atoms with Crippen LogP contribution in [0.2, 0.25) is 0 Å². The summed E-state index contributed by atoms with van der Waals surface area (Å²) in [5, 5.41) is 22.7. The summed E-state index contributed by atoms with van der Waals surface area (Å²) in [4.78, 5) is 27.1. The van der Waals surface area contributed by atoms with Crippen LogP contribution in [0.1, 0.15) is 16.8 Å². The monoisotopic (exact) mass is 280 g/mol. The van der Waals surface area contributed by atoms with E-state index in [1.54, 1.807) is 0 Å². The number of carboxylic acid groups (broad SMARTS) is 1. The number of anilines is 1. The maximum atomic E-state index is 11.0. The Bertz CT molecular complexity index is 534. The third-order valence-corrected chi connectivity index (χ3v) is 3.37. The van der Waals surface area contributed by atoms with Crippen molar-refractivity contribution >= 4 is 17.5 Å². The summed E-state index contributed by atoms with van der Waals surface area (Å²) in [6, 6.07) is 1.21. The summed E-state index contributed by atoms with van der Waals surface area (Å²) in [6.07, 6.45) is 2.05.